The largest absolute Gasteiger partial charge is 0.0885 e. The number of rotatable bonds is 12. The molecule has 0 aromatic heterocycles. The molecule has 0 unspecified atom stereocenters. The van der Waals surface area contributed by atoms with Gasteiger partial charge in [-0.05, 0) is 37.5 Å². The zero-order valence-corrected chi connectivity index (χ0v) is 14.1. The van der Waals surface area contributed by atoms with Crippen LogP contribution in [0.5, 0.6) is 0 Å². The molecule has 0 fully saturated rings. The van der Waals surface area contributed by atoms with E-state index in [0.29, 0.717) is 5.41 Å². The fourth-order valence-corrected chi connectivity index (χ4v) is 2.37. The molecule has 0 aliphatic heterocycles. The number of hydrogen-bond donors (Lipinski definition) is 0. The third-order valence-corrected chi connectivity index (χ3v) is 3.69. The van der Waals surface area contributed by atoms with Gasteiger partial charge in [-0.15, -0.1) is 0 Å². The Morgan fingerprint density at radius 2 is 1.11 bits per heavy atom. The molecule has 0 radical (unpaired) electrons. The van der Waals surface area contributed by atoms with E-state index in [2.05, 4.69) is 39.8 Å². The summed E-state index contributed by atoms with van der Waals surface area (Å²) in [5.41, 5.74) is 0.528. The Morgan fingerprint density at radius 1 is 0.632 bits per heavy atom. The number of hydrogen-bond acceptors (Lipinski definition) is 0. The van der Waals surface area contributed by atoms with E-state index in [-0.39, 0.29) is 0 Å². The van der Waals surface area contributed by atoms with Crippen LogP contribution in [-0.2, 0) is 0 Å². The minimum Gasteiger partial charge on any atom is -0.0885 e. The molecule has 0 atom stereocenters. The molecule has 19 heavy (non-hydrogen) atoms. The monoisotopic (exact) mass is 266 g/mol. The van der Waals surface area contributed by atoms with E-state index < -0.39 is 0 Å². The molecule has 0 bridgehead atoms. The molecule has 0 rings (SSSR count). The van der Waals surface area contributed by atoms with Crippen molar-refractivity contribution >= 4 is 0 Å². The minimum absolute atomic E-state index is 0.528. The second kappa shape index (κ2) is 12.8. The van der Waals surface area contributed by atoms with Crippen molar-refractivity contribution in [2.24, 2.45) is 5.41 Å². The molecule has 0 saturated heterocycles. The van der Waals surface area contributed by atoms with Crippen LogP contribution in [0.3, 0.4) is 0 Å². The van der Waals surface area contributed by atoms with Crippen molar-refractivity contribution in [1.82, 2.24) is 0 Å². The van der Waals surface area contributed by atoms with E-state index in [1.165, 1.54) is 77.0 Å². The third kappa shape index (κ3) is 17.7. The summed E-state index contributed by atoms with van der Waals surface area (Å²) in [4.78, 5) is 0. The highest BCUT2D eigenvalue weighted by molar-refractivity contribution is 4.81. The number of unbranched alkanes of at least 4 members (excludes halogenated alkanes) is 9. The maximum atomic E-state index is 2.40. The predicted octanol–water partition coefficient (Wildman–Crippen LogP) is 7.29. The maximum absolute atomic E-state index is 2.40. The van der Waals surface area contributed by atoms with Crippen molar-refractivity contribution in [2.75, 3.05) is 0 Å². The first-order valence-electron chi connectivity index (χ1n) is 8.71. The van der Waals surface area contributed by atoms with E-state index >= 15 is 0 Å². The van der Waals surface area contributed by atoms with Gasteiger partial charge in [-0.25, -0.2) is 0 Å². The Kier molecular flexibility index (Phi) is 12.6. The summed E-state index contributed by atoms with van der Waals surface area (Å²) in [7, 11) is 0. The van der Waals surface area contributed by atoms with Gasteiger partial charge in [-0.2, -0.15) is 0 Å². The Balaban J connectivity index is 3.12. The number of allylic oxidation sites excluding steroid dienone is 2. The SMILES string of the molecule is CCCCCC/C=C\CCCCCCCC(C)(C)C. The zero-order valence-electron chi connectivity index (χ0n) is 14.1. The highest BCUT2D eigenvalue weighted by atomic mass is 14.1. The van der Waals surface area contributed by atoms with Gasteiger partial charge in [0.05, 0.1) is 0 Å². The van der Waals surface area contributed by atoms with Crippen LogP contribution in [0.2, 0.25) is 0 Å². The molecule has 0 aliphatic carbocycles. The molecule has 0 amide bonds. The van der Waals surface area contributed by atoms with Gasteiger partial charge in [0.2, 0.25) is 0 Å². The van der Waals surface area contributed by atoms with Gasteiger partial charge >= 0.3 is 0 Å². The summed E-state index contributed by atoms with van der Waals surface area (Å²) in [6, 6.07) is 0. The molecule has 0 heterocycles. The van der Waals surface area contributed by atoms with Crippen molar-refractivity contribution in [1.29, 1.82) is 0 Å². The Hall–Kier alpha value is -0.260. The fourth-order valence-electron chi connectivity index (χ4n) is 2.37. The molecule has 0 nitrogen and oxygen atoms in total. The minimum atomic E-state index is 0.528. The molecule has 0 aliphatic rings. The van der Waals surface area contributed by atoms with Crippen LogP contribution in [0.1, 0.15) is 105 Å². The topological polar surface area (TPSA) is 0 Å². The molecule has 0 aromatic rings. The summed E-state index contributed by atoms with van der Waals surface area (Å²) in [5.74, 6) is 0. The molecule has 0 spiro atoms. The van der Waals surface area contributed by atoms with E-state index in [9.17, 15) is 0 Å². The highest BCUT2D eigenvalue weighted by Gasteiger charge is 2.08. The van der Waals surface area contributed by atoms with E-state index in [1.807, 2.05) is 0 Å². The summed E-state index contributed by atoms with van der Waals surface area (Å²) < 4.78 is 0. The molecular weight excluding hydrogens is 228 g/mol. The molecular formula is C19H38. The van der Waals surface area contributed by atoms with E-state index in [4.69, 9.17) is 0 Å². The lowest BCUT2D eigenvalue weighted by Crippen LogP contribution is -2.03. The molecule has 0 heteroatoms. The van der Waals surface area contributed by atoms with Crippen molar-refractivity contribution in [3.8, 4) is 0 Å². The lowest BCUT2D eigenvalue weighted by atomic mass is 9.89. The van der Waals surface area contributed by atoms with Crippen LogP contribution in [0.15, 0.2) is 12.2 Å². The van der Waals surface area contributed by atoms with Gasteiger partial charge < -0.3 is 0 Å². The smallest absolute Gasteiger partial charge is 0.0351 e. The first kappa shape index (κ1) is 18.7. The third-order valence-electron chi connectivity index (χ3n) is 3.69. The van der Waals surface area contributed by atoms with Crippen LogP contribution >= 0.6 is 0 Å². The van der Waals surface area contributed by atoms with Crippen molar-refractivity contribution < 1.29 is 0 Å². The fraction of sp³-hybridized carbons (Fsp3) is 0.895. The lowest BCUT2D eigenvalue weighted by Gasteiger charge is -2.17. The van der Waals surface area contributed by atoms with Crippen LogP contribution in [0.25, 0.3) is 0 Å². The predicted molar refractivity (Wildman–Crippen MR) is 89.7 cm³/mol. The summed E-state index contributed by atoms with van der Waals surface area (Å²) in [6.07, 6.45) is 21.4. The van der Waals surface area contributed by atoms with Gasteiger partial charge in [-0.3, -0.25) is 0 Å². The molecule has 0 saturated carbocycles. The van der Waals surface area contributed by atoms with Gasteiger partial charge in [0.1, 0.15) is 0 Å². The molecule has 0 N–H and O–H groups in total. The first-order chi connectivity index (χ1) is 9.06. The lowest BCUT2D eigenvalue weighted by molar-refractivity contribution is 0.356. The van der Waals surface area contributed by atoms with E-state index in [0.717, 1.165) is 0 Å². The summed E-state index contributed by atoms with van der Waals surface area (Å²) >= 11 is 0. The maximum Gasteiger partial charge on any atom is -0.0351 e. The van der Waals surface area contributed by atoms with Gasteiger partial charge in [0.25, 0.3) is 0 Å². The molecule has 114 valence electrons. The van der Waals surface area contributed by atoms with Gasteiger partial charge in [0.15, 0.2) is 0 Å². The summed E-state index contributed by atoms with van der Waals surface area (Å²) in [5, 5.41) is 0. The van der Waals surface area contributed by atoms with Crippen LogP contribution in [0, 0.1) is 5.41 Å². The average Bonchev–Trinajstić information content (AvgIpc) is 2.34. The second-order valence-electron chi connectivity index (χ2n) is 7.19. The van der Waals surface area contributed by atoms with Crippen LogP contribution < -0.4 is 0 Å². The summed E-state index contributed by atoms with van der Waals surface area (Å²) in [6.45, 7) is 9.31. The quantitative estimate of drug-likeness (QED) is 0.257. The highest BCUT2D eigenvalue weighted by Crippen LogP contribution is 2.22. The molecule has 0 aromatic carbocycles. The van der Waals surface area contributed by atoms with Crippen molar-refractivity contribution in [2.45, 2.75) is 105 Å². The average molecular weight is 267 g/mol. The van der Waals surface area contributed by atoms with Gasteiger partial charge in [0, 0.05) is 0 Å². The second-order valence-corrected chi connectivity index (χ2v) is 7.19. The Bertz CT molecular complexity index is 195. The van der Waals surface area contributed by atoms with Crippen molar-refractivity contribution in [3.05, 3.63) is 12.2 Å². The standard InChI is InChI=1S/C19H38/c1-5-6-7-8-9-10-11-12-13-14-15-16-17-18-19(2,3)4/h10-11H,5-9,12-18H2,1-4H3/b11-10-. The van der Waals surface area contributed by atoms with Crippen LogP contribution in [0.4, 0.5) is 0 Å². The normalized spacial score (nSPS) is 12.4. The Labute approximate surface area is 123 Å². The van der Waals surface area contributed by atoms with E-state index in [1.54, 1.807) is 0 Å². The van der Waals surface area contributed by atoms with Crippen molar-refractivity contribution in [3.63, 3.8) is 0 Å². The van der Waals surface area contributed by atoms with Gasteiger partial charge in [-0.1, -0.05) is 84.8 Å². The zero-order chi connectivity index (χ0) is 14.4. The first-order valence-corrected chi connectivity index (χ1v) is 8.71. The Morgan fingerprint density at radius 3 is 1.63 bits per heavy atom. The van der Waals surface area contributed by atoms with Crippen LogP contribution in [-0.4, -0.2) is 0 Å².